The molecule has 0 aliphatic rings. The van der Waals surface area contributed by atoms with Gasteiger partial charge in [0.25, 0.3) is 0 Å². The second-order valence-electron chi connectivity index (χ2n) is 4.17. The Hall–Kier alpha value is -0.670. The molecule has 0 spiro atoms. The lowest BCUT2D eigenvalue weighted by molar-refractivity contribution is 0.173. The number of aliphatic hydroxyl groups excluding tert-OH is 1. The van der Waals surface area contributed by atoms with Gasteiger partial charge in [-0.1, -0.05) is 54.0 Å². The second-order valence-corrected chi connectivity index (χ2v) is 6.13. The Balaban J connectivity index is 2.17. The number of rotatable bonds is 4. The van der Waals surface area contributed by atoms with E-state index in [4.69, 9.17) is 23.2 Å². The molecule has 0 bridgehead atoms. The van der Waals surface area contributed by atoms with E-state index in [0.717, 1.165) is 15.4 Å². The Morgan fingerprint density at radius 3 is 2.42 bits per heavy atom. The minimum Gasteiger partial charge on any atom is -0.388 e. The van der Waals surface area contributed by atoms with E-state index in [9.17, 15) is 5.11 Å². The van der Waals surface area contributed by atoms with Crippen molar-refractivity contribution >= 4 is 35.0 Å². The van der Waals surface area contributed by atoms with E-state index >= 15 is 0 Å². The van der Waals surface area contributed by atoms with E-state index in [1.165, 1.54) is 0 Å². The molecule has 1 nitrogen and oxygen atoms in total. The SMILES string of the molecule is CC[C@H](O)c1ccc(Sc2cc(Cl)ccc2Cl)cc1. The molecule has 2 aromatic rings. The van der Waals surface area contributed by atoms with E-state index in [0.29, 0.717) is 16.5 Å². The summed E-state index contributed by atoms with van der Waals surface area (Å²) in [5.74, 6) is 0. The molecule has 0 heterocycles. The lowest BCUT2D eigenvalue weighted by Crippen LogP contribution is -1.94. The minimum atomic E-state index is -0.395. The van der Waals surface area contributed by atoms with Crippen molar-refractivity contribution in [2.24, 2.45) is 0 Å². The lowest BCUT2D eigenvalue weighted by atomic mass is 10.1. The van der Waals surface area contributed by atoms with Gasteiger partial charge >= 0.3 is 0 Å². The van der Waals surface area contributed by atoms with Crippen LogP contribution < -0.4 is 0 Å². The molecule has 1 N–H and O–H groups in total. The molecule has 100 valence electrons. The topological polar surface area (TPSA) is 20.2 Å². The van der Waals surface area contributed by atoms with Crippen LogP contribution in [-0.4, -0.2) is 5.11 Å². The molecule has 0 aliphatic heterocycles. The highest BCUT2D eigenvalue weighted by molar-refractivity contribution is 7.99. The smallest absolute Gasteiger partial charge is 0.0787 e. The van der Waals surface area contributed by atoms with Crippen molar-refractivity contribution < 1.29 is 5.11 Å². The Labute approximate surface area is 127 Å². The molecule has 1 atom stereocenters. The van der Waals surface area contributed by atoms with E-state index in [-0.39, 0.29) is 0 Å². The highest BCUT2D eigenvalue weighted by Gasteiger charge is 2.06. The van der Waals surface area contributed by atoms with Crippen molar-refractivity contribution in [2.75, 3.05) is 0 Å². The molecule has 19 heavy (non-hydrogen) atoms. The van der Waals surface area contributed by atoms with Crippen LogP contribution in [-0.2, 0) is 0 Å². The first-order valence-electron chi connectivity index (χ1n) is 6.01. The van der Waals surface area contributed by atoms with Crippen LogP contribution >= 0.6 is 35.0 Å². The predicted molar refractivity (Wildman–Crippen MR) is 82.3 cm³/mol. The Morgan fingerprint density at radius 1 is 1.11 bits per heavy atom. The number of hydrogen-bond donors (Lipinski definition) is 1. The van der Waals surface area contributed by atoms with Crippen molar-refractivity contribution in [2.45, 2.75) is 29.2 Å². The first kappa shape index (κ1) is 14.7. The van der Waals surface area contributed by atoms with Crippen LogP contribution in [0.4, 0.5) is 0 Å². The molecule has 0 saturated carbocycles. The van der Waals surface area contributed by atoms with Gasteiger partial charge in [0.1, 0.15) is 0 Å². The molecule has 2 rings (SSSR count). The molecule has 4 heteroatoms. The minimum absolute atomic E-state index is 0.395. The van der Waals surface area contributed by atoms with Crippen molar-refractivity contribution in [3.8, 4) is 0 Å². The van der Waals surface area contributed by atoms with Crippen LogP contribution in [0.5, 0.6) is 0 Å². The molecular formula is C15H14Cl2OS. The quantitative estimate of drug-likeness (QED) is 0.794. The van der Waals surface area contributed by atoms with Gasteiger partial charge in [-0.05, 0) is 42.3 Å². The third-order valence-corrected chi connectivity index (χ3v) is 4.51. The first-order chi connectivity index (χ1) is 9.10. The molecule has 0 aliphatic carbocycles. The maximum Gasteiger partial charge on any atom is 0.0787 e. The first-order valence-corrected chi connectivity index (χ1v) is 7.58. The number of benzene rings is 2. The molecular weight excluding hydrogens is 299 g/mol. The molecule has 0 saturated heterocycles. The Bertz CT molecular complexity index is 555. The highest BCUT2D eigenvalue weighted by atomic mass is 35.5. The number of hydrogen-bond acceptors (Lipinski definition) is 2. The van der Waals surface area contributed by atoms with Gasteiger partial charge in [0.05, 0.1) is 11.1 Å². The summed E-state index contributed by atoms with van der Waals surface area (Å²) < 4.78 is 0. The monoisotopic (exact) mass is 312 g/mol. The maximum atomic E-state index is 9.75. The van der Waals surface area contributed by atoms with Crippen molar-refractivity contribution in [3.05, 3.63) is 58.1 Å². The second kappa shape index (κ2) is 6.67. The van der Waals surface area contributed by atoms with Crippen molar-refractivity contribution in [3.63, 3.8) is 0 Å². The standard InChI is InChI=1S/C15H14Cl2OS/c1-2-14(18)10-3-6-12(7-4-10)19-15-9-11(16)5-8-13(15)17/h3-9,14,18H,2H2,1H3/t14-/m0/s1. The zero-order valence-corrected chi connectivity index (χ0v) is 12.8. The van der Waals surface area contributed by atoms with Crippen LogP contribution in [0.25, 0.3) is 0 Å². The summed E-state index contributed by atoms with van der Waals surface area (Å²) in [7, 11) is 0. The summed E-state index contributed by atoms with van der Waals surface area (Å²) in [6, 6.07) is 13.3. The van der Waals surface area contributed by atoms with Gasteiger partial charge in [-0.25, -0.2) is 0 Å². The van der Waals surface area contributed by atoms with E-state index < -0.39 is 6.10 Å². The van der Waals surface area contributed by atoms with Crippen LogP contribution in [0.3, 0.4) is 0 Å². The van der Waals surface area contributed by atoms with E-state index in [2.05, 4.69) is 0 Å². The number of aliphatic hydroxyl groups is 1. The van der Waals surface area contributed by atoms with Gasteiger partial charge in [0, 0.05) is 14.8 Å². The van der Waals surface area contributed by atoms with Crippen LogP contribution in [0, 0.1) is 0 Å². The van der Waals surface area contributed by atoms with Crippen LogP contribution in [0.15, 0.2) is 52.3 Å². The highest BCUT2D eigenvalue weighted by Crippen LogP contribution is 2.35. The summed E-state index contributed by atoms with van der Waals surface area (Å²) >= 11 is 13.7. The summed E-state index contributed by atoms with van der Waals surface area (Å²) in [6.45, 7) is 1.96. The normalized spacial score (nSPS) is 12.4. The van der Waals surface area contributed by atoms with Gasteiger partial charge in [-0.3, -0.25) is 0 Å². The maximum absolute atomic E-state index is 9.75. The number of halogens is 2. The van der Waals surface area contributed by atoms with Crippen LogP contribution in [0.2, 0.25) is 10.0 Å². The average Bonchev–Trinajstić information content (AvgIpc) is 2.43. The Morgan fingerprint density at radius 2 is 1.79 bits per heavy atom. The van der Waals surface area contributed by atoms with Gasteiger partial charge in [0.15, 0.2) is 0 Å². The summed E-state index contributed by atoms with van der Waals surface area (Å²) in [5.41, 5.74) is 0.934. The zero-order valence-electron chi connectivity index (χ0n) is 10.4. The molecule has 0 amide bonds. The van der Waals surface area contributed by atoms with E-state index in [1.807, 2.05) is 37.3 Å². The molecule has 0 radical (unpaired) electrons. The van der Waals surface area contributed by atoms with Crippen molar-refractivity contribution in [1.82, 2.24) is 0 Å². The largest absolute Gasteiger partial charge is 0.388 e. The van der Waals surface area contributed by atoms with Gasteiger partial charge in [0.2, 0.25) is 0 Å². The Kier molecular flexibility index (Phi) is 5.17. The molecule has 2 aromatic carbocycles. The lowest BCUT2D eigenvalue weighted by Gasteiger charge is -2.09. The fourth-order valence-corrected chi connectivity index (χ4v) is 3.02. The molecule has 0 unspecified atom stereocenters. The summed E-state index contributed by atoms with van der Waals surface area (Å²) in [6.07, 6.45) is 0.320. The van der Waals surface area contributed by atoms with Crippen LogP contribution in [0.1, 0.15) is 25.0 Å². The van der Waals surface area contributed by atoms with Gasteiger partial charge < -0.3 is 5.11 Å². The van der Waals surface area contributed by atoms with Gasteiger partial charge in [-0.2, -0.15) is 0 Å². The van der Waals surface area contributed by atoms with Crippen molar-refractivity contribution in [1.29, 1.82) is 0 Å². The summed E-state index contributed by atoms with van der Waals surface area (Å²) in [4.78, 5) is 1.99. The third-order valence-electron chi connectivity index (χ3n) is 2.77. The fourth-order valence-electron chi connectivity index (χ4n) is 1.68. The summed E-state index contributed by atoms with van der Waals surface area (Å²) in [5, 5.41) is 11.1. The fraction of sp³-hybridized carbons (Fsp3) is 0.200. The predicted octanol–water partition coefficient (Wildman–Crippen LogP) is 5.59. The third kappa shape index (κ3) is 3.90. The zero-order chi connectivity index (χ0) is 13.8. The molecule has 0 fully saturated rings. The average molecular weight is 313 g/mol. The van der Waals surface area contributed by atoms with Gasteiger partial charge in [-0.15, -0.1) is 0 Å². The molecule has 0 aromatic heterocycles. The van der Waals surface area contributed by atoms with E-state index in [1.54, 1.807) is 23.9 Å².